The third-order valence-corrected chi connectivity index (χ3v) is 6.00. The molecule has 3 rings (SSSR count). The summed E-state index contributed by atoms with van der Waals surface area (Å²) < 4.78 is 55.9. The van der Waals surface area contributed by atoms with E-state index in [1.165, 1.54) is 24.0 Å². The number of aromatic nitrogens is 2. The van der Waals surface area contributed by atoms with Crippen LogP contribution in [0.1, 0.15) is 37.7 Å². The topological polar surface area (TPSA) is 47.2 Å². The third-order valence-electron chi connectivity index (χ3n) is 3.60. The molecule has 0 saturated carbocycles. The molecular weight excluding hydrogens is 371 g/mol. The highest BCUT2D eigenvalue weighted by Gasteiger charge is 2.32. The Kier molecular flexibility index (Phi) is 4.57. The van der Waals surface area contributed by atoms with Crippen LogP contribution in [0, 0.1) is 0 Å². The van der Waals surface area contributed by atoms with Crippen LogP contribution in [0.4, 0.5) is 13.2 Å². The Balaban J connectivity index is 1.94. The molecule has 1 aliphatic heterocycles. The van der Waals surface area contributed by atoms with Crippen molar-refractivity contribution >= 4 is 29.0 Å². The van der Waals surface area contributed by atoms with E-state index in [-0.39, 0.29) is 0 Å². The van der Waals surface area contributed by atoms with Gasteiger partial charge in [-0.05, 0) is 39.0 Å². The lowest BCUT2D eigenvalue weighted by molar-refractivity contribution is -0.137. The molecule has 0 radical (unpaired) electrons. The average molecular weight is 387 g/mol. The highest BCUT2D eigenvalue weighted by molar-refractivity contribution is 7.98. The zero-order valence-electron chi connectivity index (χ0n) is 13.8. The van der Waals surface area contributed by atoms with Crippen LogP contribution in [-0.2, 0) is 22.9 Å². The van der Waals surface area contributed by atoms with Gasteiger partial charge in [-0.3, -0.25) is 0 Å². The number of imidazole rings is 1. The second-order valence-corrected chi connectivity index (χ2v) is 9.46. The Morgan fingerprint density at radius 3 is 2.68 bits per heavy atom. The van der Waals surface area contributed by atoms with E-state index in [4.69, 9.17) is 0 Å². The van der Waals surface area contributed by atoms with Crippen LogP contribution in [0.2, 0.25) is 0 Å². The van der Waals surface area contributed by atoms with Gasteiger partial charge in [0.1, 0.15) is 23.0 Å². The van der Waals surface area contributed by atoms with Crippen molar-refractivity contribution in [3.8, 4) is 5.69 Å². The van der Waals surface area contributed by atoms with Crippen LogP contribution in [-0.4, -0.2) is 24.7 Å². The molecule has 0 N–H and O–H groups in total. The lowest BCUT2D eigenvalue weighted by Gasteiger charge is -2.20. The monoisotopic (exact) mass is 387 g/mol. The number of rotatable bonds is 2. The van der Waals surface area contributed by atoms with Gasteiger partial charge in [0.05, 0.1) is 27.9 Å². The average Bonchev–Trinajstić information content (AvgIpc) is 2.93. The van der Waals surface area contributed by atoms with Crippen LogP contribution in [0.5, 0.6) is 0 Å². The maximum atomic E-state index is 12.9. The minimum Gasteiger partial charge on any atom is -0.301 e. The number of hydrogen-bond acceptors (Lipinski definition) is 3. The Bertz CT molecular complexity index is 866. The first-order valence-electron chi connectivity index (χ1n) is 7.44. The zero-order chi connectivity index (χ0) is 18.4. The minimum atomic E-state index is -4.36. The fraction of sp³-hybridized carbons (Fsp3) is 0.375. The van der Waals surface area contributed by atoms with Gasteiger partial charge >= 0.3 is 6.18 Å². The van der Waals surface area contributed by atoms with E-state index < -0.39 is 27.5 Å². The first-order chi connectivity index (χ1) is 11.6. The lowest BCUT2D eigenvalue weighted by atomic mass is 10.2. The molecule has 1 atom stereocenters. The van der Waals surface area contributed by atoms with Gasteiger partial charge in [0, 0.05) is 10.6 Å². The summed E-state index contributed by atoms with van der Waals surface area (Å²) in [6, 6.07) is 3.67. The molecule has 0 spiro atoms. The molecule has 0 saturated heterocycles. The first-order valence-corrected chi connectivity index (χ1v) is 9.53. The predicted molar refractivity (Wildman–Crippen MR) is 93.6 cm³/mol. The van der Waals surface area contributed by atoms with E-state index in [1.54, 1.807) is 10.9 Å². The smallest absolute Gasteiger partial charge is 0.301 e. The number of alkyl halides is 3. The van der Waals surface area contributed by atoms with Gasteiger partial charge in [-0.2, -0.15) is 17.6 Å². The molecule has 1 aromatic heterocycles. The molecule has 0 aliphatic carbocycles. The number of nitrogens with zero attached hydrogens (tertiary/aromatic N) is 3. The van der Waals surface area contributed by atoms with Gasteiger partial charge in [0.2, 0.25) is 0 Å². The summed E-state index contributed by atoms with van der Waals surface area (Å²) in [5.41, 5.74) is 1.40. The number of benzene rings is 1. The Morgan fingerprint density at radius 2 is 2.04 bits per heavy atom. The maximum Gasteiger partial charge on any atom is 0.416 e. The van der Waals surface area contributed by atoms with Crippen molar-refractivity contribution in [2.45, 2.75) is 42.3 Å². The van der Waals surface area contributed by atoms with Crippen LogP contribution in [0.3, 0.4) is 0 Å². The van der Waals surface area contributed by atoms with E-state index in [2.05, 4.69) is 9.38 Å². The molecule has 0 amide bonds. The quantitative estimate of drug-likeness (QED) is 0.719. The molecule has 2 aromatic rings. The normalized spacial score (nSPS) is 15.9. The molecule has 0 fully saturated rings. The molecule has 134 valence electrons. The molecule has 25 heavy (non-hydrogen) atoms. The van der Waals surface area contributed by atoms with Crippen LogP contribution < -0.4 is 0 Å². The van der Waals surface area contributed by atoms with Gasteiger partial charge in [0.25, 0.3) is 0 Å². The van der Waals surface area contributed by atoms with Crippen molar-refractivity contribution in [1.82, 2.24) is 9.55 Å². The Hall–Kier alpha value is -1.61. The molecule has 1 aromatic carbocycles. The van der Waals surface area contributed by atoms with Gasteiger partial charge in [-0.1, -0.05) is 0 Å². The van der Waals surface area contributed by atoms with Crippen LogP contribution in [0.15, 0.2) is 33.8 Å². The van der Waals surface area contributed by atoms with Crippen molar-refractivity contribution in [1.29, 1.82) is 0 Å². The van der Waals surface area contributed by atoms with E-state index in [0.717, 1.165) is 17.8 Å². The Morgan fingerprint density at radius 1 is 1.32 bits per heavy atom. The van der Waals surface area contributed by atoms with Gasteiger partial charge in [-0.15, -0.1) is 11.8 Å². The molecule has 0 bridgehead atoms. The van der Waals surface area contributed by atoms with Crippen LogP contribution >= 0.6 is 11.8 Å². The number of hydrogen-bond donors (Lipinski definition) is 0. The first kappa shape index (κ1) is 18.2. The lowest BCUT2D eigenvalue weighted by Crippen LogP contribution is -2.19. The highest BCUT2D eigenvalue weighted by atomic mass is 32.2. The van der Waals surface area contributed by atoms with E-state index >= 15 is 0 Å². The number of fused-ring (bicyclic) bond motifs is 3. The summed E-state index contributed by atoms with van der Waals surface area (Å²) in [4.78, 5) is 4.82. The SMILES string of the molecule is CC(C)(C)[S@](=O)N=Cc1ncn2c1CSc1cc(C(F)(F)F)ccc1-2. The second-order valence-electron chi connectivity index (χ2n) is 6.51. The van der Waals surface area contributed by atoms with E-state index in [9.17, 15) is 17.4 Å². The molecule has 2 heterocycles. The molecule has 1 aliphatic rings. The predicted octanol–water partition coefficient (Wildman–Crippen LogP) is 4.38. The molecular formula is C16H16F3N3OS2. The zero-order valence-corrected chi connectivity index (χ0v) is 15.4. The van der Waals surface area contributed by atoms with Gasteiger partial charge in [0.15, 0.2) is 0 Å². The summed E-state index contributed by atoms with van der Waals surface area (Å²) in [5.74, 6) is 0.470. The highest BCUT2D eigenvalue weighted by Crippen LogP contribution is 2.39. The van der Waals surface area contributed by atoms with Gasteiger partial charge in [-0.25, -0.2) is 9.19 Å². The summed E-state index contributed by atoms with van der Waals surface area (Å²) in [6.07, 6.45) is -1.33. The summed E-state index contributed by atoms with van der Waals surface area (Å²) in [6.45, 7) is 5.48. The number of thioether (sulfide) groups is 1. The summed E-state index contributed by atoms with van der Waals surface area (Å²) >= 11 is 1.32. The molecule has 4 nitrogen and oxygen atoms in total. The molecule has 9 heteroatoms. The van der Waals surface area contributed by atoms with Crippen molar-refractivity contribution < 1.29 is 17.4 Å². The van der Waals surface area contributed by atoms with E-state index in [1.807, 2.05) is 20.8 Å². The minimum absolute atomic E-state index is 0.467. The third kappa shape index (κ3) is 3.67. The second kappa shape index (κ2) is 6.28. The van der Waals surface area contributed by atoms with Crippen molar-refractivity contribution in [2.24, 2.45) is 4.40 Å². The largest absolute Gasteiger partial charge is 0.416 e. The van der Waals surface area contributed by atoms with Crippen molar-refractivity contribution in [3.05, 3.63) is 41.5 Å². The fourth-order valence-corrected chi connectivity index (χ4v) is 3.87. The van der Waals surface area contributed by atoms with Gasteiger partial charge < -0.3 is 4.57 Å². The summed E-state index contributed by atoms with van der Waals surface area (Å²) in [7, 11) is -1.39. The van der Waals surface area contributed by atoms with Crippen molar-refractivity contribution in [2.75, 3.05) is 0 Å². The Labute approximate surface area is 150 Å². The van der Waals surface area contributed by atoms with E-state index in [0.29, 0.717) is 22.0 Å². The fourth-order valence-electron chi connectivity index (χ4n) is 2.25. The summed E-state index contributed by atoms with van der Waals surface area (Å²) in [5, 5.41) is 0. The number of halogens is 3. The molecule has 0 unspecified atom stereocenters. The standard InChI is InChI=1S/C16H16F3N3OS2/c1-15(2,3)25(23)21-7-11-13-8-24-14-6-10(16(17,18)19)4-5-12(14)22(13)9-20-11/h4-7,9H,8H2,1-3H3/t25-/m0/s1. The van der Waals surface area contributed by atoms with Crippen molar-refractivity contribution in [3.63, 3.8) is 0 Å². The van der Waals surface area contributed by atoms with Crippen LogP contribution in [0.25, 0.3) is 5.69 Å². The maximum absolute atomic E-state index is 12.9.